The van der Waals surface area contributed by atoms with Crippen molar-refractivity contribution in [2.75, 3.05) is 19.7 Å². The van der Waals surface area contributed by atoms with E-state index < -0.39 is 6.09 Å². The summed E-state index contributed by atoms with van der Waals surface area (Å²) in [5.41, 5.74) is 0.289. The quantitative estimate of drug-likeness (QED) is 0.812. The number of likely N-dealkylation sites (tertiary alicyclic amines) is 1. The van der Waals surface area contributed by atoms with Gasteiger partial charge in [-0.1, -0.05) is 0 Å². The molecule has 2 heterocycles. The lowest BCUT2D eigenvalue weighted by atomic mass is 10.1. The number of aromatic nitrogens is 3. The minimum atomic E-state index is -0.441. The fourth-order valence-corrected chi connectivity index (χ4v) is 2.09. The highest BCUT2D eigenvalue weighted by Gasteiger charge is 2.26. The van der Waals surface area contributed by atoms with Crippen LogP contribution in [0.25, 0.3) is 0 Å². The lowest BCUT2D eigenvalue weighted by Gasteiger charge is -2.32. The van der Waals surface area contributed by atoms with Gasteiger partial charge >= 0.3 is 6.09 Å². The molecule has 104 valence electrons. The molecule has 8 nitrogen and oxygen atoms in total. The van der Waals surface area contributed by atoms with Crippen LogP contribution in [0.3, 0.4) is 0 Å². The van der Waals surface area contributed by atoms with Gasteiger partial charge in [-0.3, -0.25) is 4.79 Å². The Morgan fingerprint density at radius 3 is 3.16 bits per heavy atom. The van der Waals surface area contributed by atoms with E-state index >= 15 is 0 Å². The summed E-state index contributed by atoms with van der Waals surface area (Å²) in [6.07, 6.45) is 2.62. The van der Waals surface area contributed by atoms with Crippen LogP contribution in [0.1, 0.15) is 30.3 Å². The molecule has 1 unspecified atom stereocenters. The fourth-order valence-electron chi connectivity index (χ4n) is 2.09. The van der Waals surface area contributed by atoms with E-state index in [2.05, 4.69) is 20.7 Å². The van der Waals surface area contributed by atoms with Gasteiger partial charge in [-0.25, -0.2) is 4.79 Å². The van der Waals surface area contributed by atoms with Crippen molar-refractivity contribution in [3.8, 4) is 0 Å². The van der Waals surface area contributed by atoms with Crippen molar-refractivity contribution in [1.82, 2.24) is 25.6 Å². The Balaban J connectivity index is 1.90. The molecule has 2 amide bonds. The number of hydrogen-bond donors (Lipinski definition) is 2. The van der Waals surface area contributed by atoms with Gasteiger partial charge in [-0.2, -0.15) is 15.4 Å². The van der Waals surface area contributed by atoms with Crippen LogP contribution in [-0.2, 0) is 4.74 Å². The van der Waals surface area contributed by atoms with Crippen LogP contribution in [0.5, 0.6) is 0 Å². The van der Waals surface area contributed by atoms with Gasteiger partial charge in [0.15, 0.2) is 5.69 Å². The molecule has 1 saturated heterocycles. The number of alkyl carbamates (subject to hydrolysis) is 1. The lowest BCUT2D eigenvalue weighted by molar-refractivity contribution is 0.0680. The van der Waals surface area contributed by atoms with Gasteiger partial charge in [-0.05, 0) is 19.8 Å². The molecule has 0 aliphatic carbocycles. The second-order valence-corrected chi connectivity index (χ2v) is 4.31. The summed E-state index contributed by atoms with van der Waals surface area (Å²) < 4.78 is 4.83. The van der Waals surface area contributed by atoms with Crippen molar-refractivity contribution in [2.45, 2.75) is 25.8 Å². The summed E-state index contributed by atoms with van der Waals surface area (Å²) in [7, 11) is 0. The molecular weight excluding hydrogens is 250 g/mol. The topological polar surface area (TPSA) is 100 Å². The summed E-state index contributed by atoms with van der Waals surface area (Å²) in [5.74, 6) is -0.177. The fraction of sp³-hybridized carbons (Fsp3) is 0.636. The van der Waals surface area contributed by atoms with E-state index in [0.717, 1.165) is 12.8 Å². The van der Waals surface area contributed by atoms with Crippen molar-refractivity contribution >= 4 is 12.0 Å². The van der Waals surface area contributed by atoms with E-state index in [1.807, 2.05) is 0 Å². The zero-order chi connectivity index (χ0) is 13.7. The molecule has 1 aliphatic rings. The Kier molecular flexibility index (Phi) is 4.32. The molecule has 1 atom stereocenters. The highest BCUT2D eigenvalue weighted by atomic mass is 16.5. The van der Waals surface area contributed by atoms with Crippen LogP contribution >= 0.6 is 0 Å². The standard InChI is InChI=1S/C11H17N5O3/c1-2-19-11(18)13-8-4-3-5-16(7-8)10(17)9-6-12-15-14-9/h6,8H,2-5,7H2,1H3,(H,13,18)(H,12,14,15). The molecule has 0 bridgehead atoms. The third-order valence-corrected chi connectivity index (χ3v) is 2.94. The van der Waals surface area contributed by atoms with Gasteiger partial charge in [0.1, 0.15) is 0 Å². The lowest BCUT2D eigenvalue weighted by Crippen LogP contribution is -2.49. The van der Waals surface area contributed by atoms with Crippen LogP contribution < -0.4 is 5.32 Å². The Hall–Kier alpha value is -2.12. The molecule has 0 aromatic carbocycles. The Morgan fingerprint density at radius 1 is 1.63 bits per heavy atom. The number of nitrogens with zero attached hydrogens (tertiary/aromatic N) is 3. The third-order valence-electron chi connectivity index (χ3n) is 2.94. The van der Waals surface area contributed by atoms with Gasteiger partial charge in [0, 0.05) is 19.1 Å². The molecule has 0 saturated carbocycles. The number of carbonyl (C=O) groups is 2. The van der Waals surface area contributed by atoms with Crippen molar-refractivity contribution in [1.29, 1.82) is 0 Å². The molecule has 2 rings (SSSR count). The largest absolute Gasteiger partial charge is 0.450 e. The minimum Gasteiger partial charge on any atom is -0.450 e. The Labute approximate surface area is 110 Å². The summed E-state index contributed by atoms with van der Waals surface area (Å²) in [6, 6.07) is -0.0800. The van der Waals surface area contributed by atoms with Crippen molar-refractivity contribution in [3.05, 3.63) is 11.9 Å². The van der Waals surface area contributed by atoms with Crippen LogP contribution in [0.4, 0.5) is 4.79 Å². The number of hydrogen-bond acceptors (Lipinski definition) is 5. The maximum atomic E-state index is 12.1. The van der Waals surface area contributed by atoms with Gasteiger partial charge in [-0.15, -0.1) is 0 Å². The van der Waals surface area contributed by atoms with Crippen molar-refractivity contribution in [3.63, 3.8) is 0 Å². The molecule has 2 N–H and O–H groups in total. The van der Waals surface area contributed by atoms with E-state index in [4.69, 9.17) is 4.74 Å². The second kappa shape index (κ2) is 6.17. The van der Waals surface area contributed by atoms with Crippen LogP contribution in [0.2, 0.25) is 0 Å². The number of amides is 2. The molecule has 1 aliphatic heterocycles. The average molecular weight is 267 g/mol. The zero-order valence-corrected chi connectivity index (χ0v) is 10.8. The van der Waals surface area contributed by atoms with Crippen LogP contribution in [0, 0.1) is 0 Å². The molecular formula is C11H17N5O3. The summed E-state index contributed by atoms with van der Waals surface area (Å²) in [4.78, 5) is 25.1. The van der Waals surface area contributed by atoms with Gasteiger partial charge in [0.05, 0.1) is 12.8 Å². The van der Waals surface area contributed by atoms with Gasteiger partial charge in [0.25, 0.3) is 5.91 Å². The van der Waals surface area contributed by atoms with E-state index in [9.17, 15) is 9.59 Å². The van der Waals surface area contributed by atoms with E-state index in [1.165, 1.54) is 6.20 Å². The molecule has 0 spiro atoms. The maximum Gasteiger partial charge on any atom is 0.407 e. The van der Waals surface area contributed by atoms with Crippen LogP contribution in [0.15, 0.2) is 6.20 Å². The second-order valence-electron chi connectivity index (χ2n) is 4.31. The van der Waals surface area contributed by atoms with E-state index in [1.54, 1.807) is 11.8 Å². The number of carbonyl (C=O) groups excluding carboxylic acids is 2. The molecule has 19 heavy (non-hydrogen) atoms. The maximum absolute atomic E-state index is 12.1. The Bertz CT molecular complexity index is 434. The molecule has 8 heteroatoms. The molecule has 0 radical (unpaired) electrons. The third kappa shape index (κ3) is 3.43. The molecule has 1 fully saturated rings. The van der Waals surface area contributed by atoms with E-state index in [-0.39, 0.29) is 17.6 Å². The number of aromatic amines is 1. The smallest absolute Gasteiger partial charge is 0.407 e. The van der Waals surface area contributed by atoms with Crippen molar-refractivity contribution in [2.24, 2.45) is 0 Å². The van der Waals surface area contributed by atoms with Crippen molar-refractivity contribution < 1.29 is 14.3 Å². The predicted molar refractivity (Wildman–Crippen MR) is 65.5 cm³/mol. The first-order chi connectivity index (χ1) is 9.20. The van der Waals surface area contributed by atoms with E-state index in [0.29, 0.717) is 19.7 Å². The normalized spacial score (nSPS) is 19.0. The summed E-state index contributed by atoms with van der Waals surface area (Å²) in [6.45, 7) is 3.21. The first kappa shape index (κ1) is 13.3. The predicted octanol–water partition coefficient (Wildman–Crippen LogP) is 0.155. The number of rotatable bonds is 3. The average Bonchev–Trinajstić information content (AvgIpc) is 2.92. The summed E-state index contributed by atoms with van der Waals surface area (Å²) >= 11 is 0. The minimum absolute atomic E-state index is 0.0800. The first-order valence-electron chi connectivity index (χ1n) is 6.29. The molecule has 1 aromatic heterocycles. The SMILES string of the molecule is CCOC(=O)NC1CCCN(C(=O)c2cn[nH]n2)C1. The monoisotopic (exact) mass is 267 g/mol. The Morgan fingerprint density at radius 2 is 2.47 bits per heavy atom. The highest BCUT2D eigenvalue weighted by Crippen LogP contribution is 2.12. The number of H-pyrrole nitrogens is 1. The van der Waals surface area contributed by atoms with Gasteiger partial charge in [0.2, 0.25) is 0 Å². The highest BCUT2D eigenvalue weighted by molar-refractivity contribution is 5.92. The number of ether oxygens (including phenoxy) is 1. The first-order valence-corrected chi connectivity index (χ1v) is 6.29. The number of nitrogens with one attached hydrogen (secondary N) is 2. The van der Waals surface area contributed by atoms with Crippen LogP contribution in [-0.4, -0.2) is 58.0 Å². The summed E-state index contributed by atoms with van der Waals surface area (Å²) in [5, 5.41) is 12.5. The number of piperidine rings is 1. The zero-order valence-electron chi connectivity index (χ0n) is 10.8. The molecule has 1 aromatic rings. The van der Waals surface area contributed by atoms with Gasteiger partial charge < -0.3 is 15.0 Å².